The molecule has 1 aliphatic rings. The molecule has 0 radical (unpaired) electrons. The van der Waals surface area contributed by atoms with Crippen LogP contribution in [0.5, 0.6) is 5.75 Å². The molecule has 0 aromatic heterocycles. The summed E-state index contributed by atoms with van der Waals surface area (Å²) in [7, 11) is 0. The van der Waals surface area contributed by atoms with Crippen LogP contribution in [-0.4, -0.2) is 12.4 Å². The van der Waals surface area contributed by atoms with Crippen molar-refractivity contribution in [3.8, 4) is 5.75 Å². The lowest BCUT2D eigenvalue weighted by Crippen LogP contribution is -2.23. The predicted octanol–water partition coefficient (Wildman–Crippen LogP) is 2.73. The molecule has 1 atom stereocenters. The van der Waals surface area contributed by atoms with Crippen LogP contribution < -0.4 is 4.74 Å². The minimum absolute atomic E-state index is 0.113. The zero-order valence-electron chi connectivity index (χ0n) is 7.95. The van der Waals surface area contributed by atoms with Crippen LogP contribution in [0.25, 0.3) is 0 Å². The molecule has 0 heterocycles. The maximum absolute atomic E-state index is 11.9. The van der Waals surface area contributed by atoms with Crippen LogP contribution in [0.3, 0.4) is 0 Å². The van der Waals surface area contributed by atoms with Gasteiger partial charge in [0.1, 0.15) is 11.5 Å². The van der Waals surface area contributed by atoms with Gasteiger partial charge < -0.3 is 4.74 Å². The second-order valence-corrected chi connectivity index (χ2v) is 3.51. The molecule has 0 spiro atoms. The summed E-state index contributed by atoms with van der Waals surface area (Å²) < 4.78 is 28.1. The molecular weight excluding hydrogens is 202 g/mol. The third-order valence-corrected chi connectivity index (χ3v) is 2.55. The summed E-state index contributed by atoms with van der Waals surface area (Å²) in [4.78, 5) is 11.2. The summed E-state index contributed by atoms with van der Waals surface area (Å²) in [5.74, 6) is 0.164. The highest BCUT2D eigenvalue weighted by atomic mass is 19.3. The molecule has 1 saturated carbocycles. The number of ketones is 1. The van der Waals surface area contributed by atoms with Crippen LogP contribution >= 0.6 is 0 Å². The van der Waals surface area contributed by atoms with Crippen LogP contribution in [0, 0.1) is 0 Å². The highest BCUT2D eigenvalue weighted by Gasteiger charge is 2.29. The van der Waals surface area contributed by atoms with E-state index in [-0.39, 0.29) is 17.5 Å². The van der Waals surface area contributed by atoms with E-state index in [9.17, 15) is 13.6 Å². The van der Waals surface area contributed by atoms with Crippen molar-refractivity contribution in [1.82, 2.24) is 0 Å². The fourth-order valence-electron chi connectivity index (χ4n) is 1.67. The number of rotatable bonds is 3. The van der Waals surface area contributed by atoms with E-state index in [2.05, 4.69) is 4.74 Å². The Balaban J connectivity index is 2.15. The molecular formula is C11H10F2O2. The number of carbonyl (C=O) groups is 1. The first-order valence-electron chi connectivity index (χ1n) is 4.74. The van der Waals surface area contributed by atoms with Crippen LogP contribution in [0.2, 0.25) is 0 Å². The van der Waals surface area contributed by atoms with Crippen LogP contribution in [-0.2, 0) is 4.79 Å². The Labute approximate surface area is 85.9 Å². The fourth-order valence-corrected chi connectivity index (χ4v) is 1.67. The van der Waals surface area contributed by atoms with E-state index >= 15 is 0 Å². The Hall–Kier alpha value is -1.45. The fraction of sp³-hybridized carbons (Fsp3) is 0.364. The van der Waals surface area contributed by atoms with Crippen molar-refractivity contribution in [2.24, 2.45) is 0 Å². The number of alkyl halides is 2. The zero-order valence-corrected chi connectivity index (χ0v) is 7.95. The van der Waals surface area contributed by atoms with Crippen molar-refractivity contribution in [3.63, 3.8) is 0 Å². The van der Waals surface area contributed by atoms with Gasteiger partial charge in [0.2, 0.25) is 0 Å². The van der Waals surface area contributed by atoms with Crippen molar-refractivity contribution in [2.75, 3.05) is 0 Å². The largest absolute Gasteiger partial charge is 0.435 e. The smallest absolute Gasteiger partial charge is 0.387 e. The lowest BCUT2D eigenvalue weighted by molar-refractivity contribution is -0.125. The highest BCUT2D eigenvalue weighted by molar-refractivity contribution is 5.91. The molecule has 2 rings (SSSR count). The molecule has 1 aliphatic carbocycles. The maximum atomic E-state index is 11.9. The molecule has 1 aromatic rings. The summed E-state index contributed by atoms with van der Waals surface area (Å²) in [6.07, 6.45) is 1.39. The van der Waals surface area contributed by atoms with Gasteiger partial charge in [-0.15, -0.1) is 0 Å². The Bertz CT molecular complexity index is 377. The molecule has 1 unspecified atom stereocenters. The minimum Gasteiger partial charge on any atom is -0.435 e. The third kappa shape index (κ3) is 2.14. The summed E-state index contributed by atoms with van der Waals surface area (Å²) >= 11 is 0. The van der Waals surface area contributed by atoms with Gasteiger partial charge in [0.05, 0.1) is 0 Å². The molecule has 2 nitrogen and oxygen atoms in total. The summed E-state index contributed by atoms with van der Waals surface area (Å²) in [5.41, 5.74) is 0.768. The number of benzene rings is 1. The van der Waals surface area contributed by atoms with Crippen molar-refractivity contribution in [1.29, 1.82) is 0 Å². The monoisotopic (exact) mass is 212 g/mol. The van der Waals surface area contributed by atoms with Gasteiger partial charge in [0.25, 0.3) is 0 Å². The van der Waals surface area contributed by atoms with Crippen molar-refractivity contribution < 1.29 is 18.3 Å². The summed E-state index contributed by atoms with van der Waals surface area (Å²) in [5, 5.41) is 0. The van der Waals surface area contributed by atoms with Crippen LogP contribution in [0.1, 0.15) is 24.3 Å². The summed E-state index contributed by atoms with van der Waals surface area (Å²) in [6.45, 7) is -2.82. The lowest BCUT2D eigenvalue weighted by Gasteiger charge is -2.24. The van der Waals surface area contributed by atoms with Gasteiger partial charge in [-0.05, 0) is 24.1 Å². The second-order valence-electron chi connectivity index (χ2n) is 3.51. The number of carbonyl (C=O) groups excluding carboxylic acids is 1. The van der Waals surface area contributed by atoms with Gasteiger partial charge in [0.15, 0.2) is 0 Å². The number of hydrogen-bond acceptors (Lipinski definition) is 2. The molecule has 0 bridgehead atoms. The number of hydrogen-bond donors (Lipinski definition) is 0. The first kappa shape index (κ1) is 10.1. The van der Waals surface area contributed by atoms with E-state index in [0.29, 0.717) is 6.42 Å². The van der Waals surface area contributed by atoms with E-state index in [1.54, 1.807) is 12.1 Å². The number of halogens is 2. The minimum atomic E-state index is -2.82. The Morgan fingerprint density at radius 2 is 2.20 bits per heavy atom. The Morgan fingerprint density at radius 1 is 1.40 bits per heavy atom. The quantitative estimate of drug-likeness (QED) is 0.770. The normalized spacial score (nSPS) is 20.2. The number of ether oxygens (including phenoxy) is 1. The Morgan fingerprint density at radius 3 is 2.73 bits per heavy atom. The molecule has 0 saturated heterocycles. The van der Waals surface area contributed by atoms with E-state index in [1.807, 2.05) is 0 Å². The molecule has 1 fully saturated rings. The predicted molar refractivity (Wildman–Crippen MR) is 50.1 cm³/mol. The van der Waals surface area contributed by atoms with Gasteiger partial charge in [-0.2, -0.15) is 8.78 Å². The van der Waals surface area contributed by atoms with Gasteiger partial charge in [0, 0.05) is 12.3 Å². The molecule has 0 aliphatic heterocycles. The standard InChI is InChI=1S/C11H10F2O2/c12-11(13)15-8-3-1-2-7(6-8)9-4-5-10(9)14/h1-3,6,9,11H,4-5H2. The van der Waals surface area contributed by atoms with E-state index in [1.165, 1.54) is 12.1 Å². The van der Waals surface area contributed by atoms with Crippen LogP contribution in [0.4, 0.5) is 8.78 Å². The maximum Gasteiger partial charge on any atom is 0.387 e. The average molecular weight is 212 g/mol. The topological polar surface area (TPSA) is 26.3 Å². The molecule has 80 valence electrons. The SMILES string of the molecule is O=C1CCC1c1cccc(OC(F)F)c1. The van der Waals surface area contributed by atoms with Gasteiger partial charge in [-0.25, -0.2) is 0 Å². The van der Waals surface area contributed by atoms with E-state index < -0.39 is 6.61 Å². The molecule has 0 N–H and O–H groups in total. The van der Waals surface area contributed by atoms with Gasteiger partial charge >= 0.3 is 6.61 Å². The van der Waals surface area contributed by atoms with E-state index in [4.69, 9.17) is 0 Å². The third-order valence-electron chi connectivity index (χ3n) is 2.55. The molecule has 0 amide bonds. The highest BCUT2D eigenvalue weighted by Crippen LogP contribution is 2.34. The van der Waals surface area contributed by atoms with Gasteiger partial charge in [-0.1, -0.05) is 12.1 Å². The lowest BCUT2D eigenvalue weighted by atomic mass is 9.79. The van der Waals surface area contributed by atoms with Crippen molar-refractivity contribution >= 4 is 5.78 Å². The van der Waals surface area contributed by atoms with Gasteiger partial charge in [-0.3, -0.25) is 4.79 Å². The number of Topliss-reactive ketones (excluding diaryl/α,β-unsaturated/α-hetero) is 1. The average Bonchev–Trinajstić information content (AvgIpc) is 2.15. The van der Waals surface area contributed by atoms with Crippen LogP contribution in [0.15, 0.2) is 24.3 Å². The second kappa shape index (κ2) is 3.96. The first-order chi connectivity index (χ1) is 7.16. The Kier molecular flexibility index (Phi) is 2.66. The summed E-state index contributed by atoms with van der Waals surface area (Å²) in [6, 6.07) is 6.35. The molecule has 4 heteroatoms. The molecule has 1 aromatic carbocycles. The van der Waals surface area contributed by atoms with Crippen molar-refractivity contribution in [3.05, 3.63) is 29.8 Å². The van der Waals surface area contributed by atoms with Crippen molar-refractivity contribution in [2.45, 2.75) is 25.4 Å². The molecule has 15 heavy (non-hydrogen) atoms. The first-order valence-corrected chi connectivity index (χ1v) is 4.74. The van der Waals surface area contributed by atoms with E-state index in [0.717, 1.165) is 12.0 Å². The zero-order chi connectivity index (χ0) is 10.8.